The topological polar surface area (TPSA) is 46.1 Å². The summed E-state index contributed by atoms with van der Waals surface area (Å²) in [7, 11) is 7.25. The van der Waals surface area contributed by atoms with Gasteiger partial charge in [-0.05, 0) is 48.9 Å². The molecule has 0 amide bonds. The molecule has 0 aromatic heterocycles. The van der Waals surface area contributed by atoms with Gasteiger partial charge in [-0.3, -0.25) is 4.99 Å². The zero-order valence-corrected chi connectivity index (χ0v) is 18.6. The van der Waals surface area contributed by atoms with Gasteiger partial charge in [-0.2, -0.15) is 0 Å². The molecule has 0 aliphatic heterocycles. The highest BCUT2D eigenvalue weighted by molar-refractivity contribution is 14.0. The molecule has 25 heavy (non-hydrogen) atoms. The molecule has 0 saturated heterocycles. The van der Waals surface area contributed by atoms with Gasteiger partial charge in [0.05, 0.1) is 14.2 Å². The molecule has 1 saturated carbocycles. The van der Waals surface area contributed by atoms with Crippen LogP contribution in [-0.2, 0) is 6.54 Å². The first kappa shape index (κ1) is 21.9. The van der Waals surface area contributed by atoms with Gasteiger partial charge in [-0.25, -0.2) is 0 Å². The van der Waals surface area contributed by atoms with Crippen molar-refractivity contribution in [1.29, 1.82) is 0 Å². The second kappa shape index (κ2) is 10.1. The van der Waals surface area contributed by atoms with Crippen molar-refractivity contribution < 1.29 is 9.47 Å². The number of aliphatic imine (C=N–C) groups is 1. The highest BCUT2D eigenvalue weighted by Crippen LogP contribution is 2.35. The summed E-state index contributed by atoms with van der Waals surface area (Å²) in [5.41, 5.74) is 2.39. The van der Waals surface area contributed by atoms with Crippen LogP contribution in [0.1, 0.15) is 37.3 Å². The van der Waals surface area contributed by atoms with Crippen LogP contribution >= 0.6 is 24.0 Å². The molecule has 0 bridgehead atoms. The van der Waals surface area contributed by atoms with Crippen molar-refractivity contribution in [2.75, 3.05) is 28.3 Å². The quantitative estimate of drug-likeness (QED) is 0.381. The van der Waals surface area contributed by atoms with Crippen molar-refractivity contribution >= 4 is 29.9 Å². The van der Waals surface area contributed by atoms with Crippen LogP contribution in [0.3, 0.4) is 0 Å². The van der Waals surface area contributed by atoms with E-state index in [-0.39, 0.29) is 24.0 Å². The van der Waals surface area contributed by atoms with Crippen LogP contribution in [-0.4, -0.2) is 45.2 Å². The van der Waals surface area contributed by atoms with Crippen LogP contribution in [0.4, 0.5) is 0 Å². The summed E-state index contributed by atoms with van der Waals surface area (Å²) in [5, 5.41) is 3.59. The number of rotatable bonds is 7. The molecular formula is C19H32IN3O2. The lowest BCUT2D eigenvalue weighted by Gasteiger charge is -2.24. The molecule has 0 heterocycles. The molecule has 0 radical (unpaired) electrons. The molecule has 2 rings (SSSR count). The molecule has 2 unspecified atom stereocenters. The molecule has 1 N–H and O–H groups in total. The third kappa shape index (κ3) is 5.66. The molecule has 1 aliphatic carbocycles. The maximum atomic E-state index is 5.43. The lowest BCUT2D eigenvalue weighted by molar-refractivity contribution is 0.353. The van der Waals surface area contributed by atoms with E-state index in [0.29, 0.717) is 6.04 Å². The van der Waals surface area contributed by atoms with E-state index in [1.54, 1.807) is 14.2 Å². The molecule has 1 fully saturated rings. The smallest absolute Gasteiger partial charge is 0.193 e. The largest absolute Gasteiger partial charge is 0.493 e. The molecule has 142 valence electrons. The third-order valence-electron chi connectivity index (χ3n) is 4.72. The Hall–Kier alpha value is -1.18. The summed E-state index contributed by atoms with van der Waals surface area (Å²) in [6, 6.07) is 4.66. The molecule has 1 aromatic carbocycles. The average Bonchev–Trinajstić information content (AvgIpc) is 3.31. The lowest BCUT2D eigenvalue weighted by atomic mass is 10.1. The third-order valence-corrected chi connectivity index (χ3v) is 4.72. The lowest BCUT2D eigenvalue weighted by Crippen LogP contribution is -2.40. The minimum absolute atomic E-state index is 0. The fraction of sp³-hybridized carbons (Fsp3) is 0.632. The minimum Gasteiger partial charge on any atom is -0.493 e. The Kier molecular flexibility index (Phi) is 8.82. The highest BCUT2D eigenvalue weighted by atomic mass is 127. The molecule has 2 atom stereocenters. The van der Waals surface area contributed by atoms with Gasteiger partial charge in [0.1, 0.15) is 0 Å². The number of guanidine groups is 1. The van der Waals surface area contributed by atoms with E-state index >= 15 is 0 Å². The Morgan fingerprint density at radius 2 is 1.92 bits per heavy atom. The fourth-order valence-corrected chi connectivity index (χ4v) is 3.15. The standard InChI is InChI=1S/C19H31N3O2.HI/c1-7-8-14-10-16(14)21-19(20-3)22(4)12-15-11-18(24-6)17(23-5)9-13(15)2;/h9,11,14,16H,7-8,10,12H2,1-6H3,(H,20,21);1H. The number of nitrogens with one attached hydrogen (secondary N) is 1. The van der Waals surface area contributed by atoms with Crippen molar-refractivity contribution in [2.24, 2.45) is 10.9 Å². The van der Waals surface area contributed by atoms with Crippen LogP contribution in [0.2, 0.25) is 0 Å². The van der Waals surface area contributed by atoms with Crippen LogP contribution in [0.15, 0.2) is 17.1 Å². The van der Waals surface area contributed by atoms with Crippen LogP contribution in [0, 0.1) is 12.8 Å². The number of halogens is 1. The van der Waals surface area contributed by atoms with Crippen LogP contribution in [0.5, 0.6) is 11.5 Å². The second-order valence-corrected chi connectivity index (χ2v) is 6.57. The van der Waals surface area contributed by atoms with Gasteiger partial charge >= 0.3 is 0 Å². The number of nitrogens with zero attached hydrogens (tertiary/aromatic N) is 2. The molecule has 1 aliphatic rings. The van der Waals surface area contributed by atoms with Crippen molar-refractivity contribution in [3.8, 4) is 11.5 Å². The molecule has 0 spiro atoms. The summed E-state index contributed by atoms with van der Waals surface area (Å²) in [6.07, 6.45) is 3.81. The van der Waals surface area contributed by atoms with E-state index in [2.05, 4.69) is 42.2 Å². The van der Waals surface area contributed by atoms with E-state index in [1.165, 1.54) is 30.4 Å². The van der Waals surface area contributed by atoms with E-state index in [1.807, 2.05) is 13.1 Å². The summed E-state index contributed by atoms with van der Waals surface area (Å²) in [4.78, 5) is 6.60. The van der Waals surface area contributed by atoms with Crippen molar-refractivity contribution in [3.63, 3.8) is 0 Å². The zero-order chi connectivity index (χ0) is 17.7. The van der Waals surface area contributed by atoms with E-state index in [0.717, 1.165) is 29.9 Å². The van der Waals surface area contributed by atoms with Gasteiger partial charge < -0.3 is 19.7 Å². The van der Waals surface area contributed by atoms with Crippen LogP contribution in [0.25, 0.3) is 0 Å². The van der Waals surface area contributed by atoms with E-state index in [9.17, 15) is 0 Å². The Labute approximate surface area is 169 Å². The first-order valence-corrected chi connectivity index (χ1v) is 8.69. The molecule has 5 nitrogen and oxygen atoms in total. The summed E-state index contributed by atoms with van der Waals surface area (Å²) >= 11 is 0. The van der Waals surface area contributed by atoms with E-state index < -0.39 is 0 Å². The van der Waals surface area contributed by atoms with Gasteiger partial charge in [0.2, 0.25) is 0 Å². The zero-order valence-electron chi connectivity index (χ0n) is 16.3. The highest BCUT2D eigenvalue weighted by Gasteiger charge is 2.37. The van der Waals surface area contributed by atoms with Crippen molar-refractivity contribution in [1.82, 2.24) is 10.2 Å². The van der Waals surface area contributed by atoms with Gasteiger partial charge in [-0.15, -0.1) is 24.0 Å². The average molecular weight is 461 g/mol. The SMILES string of the molecule is CCCC1CC1NC(=NC)N(C)Cc1cc(OC)c(OC)cc1C.I. The predicted molar refractivity (Wildman–Crippen MR) is 114 cm³/mol. The van der Waals surface area contributed by atoms with Gasteiger partial charge in [0, 0.05) is 26.7 Å². The van der Waals surface area contributed by atoms with E-state index in [4.69, 9.17) is 9.47 Å². The minimum atomic E-state index is 0. The van der Waals surface area contributed by atoms with Crippen molar-refractivity contribution in [2.45, 2.75) is 45.7 Å². The number of aryl methyl sites for hydroxylation is 1. The molecule has 1 aromatic rings. The van der Waals surface area contributed by atoms with Gasteiger partial charge in [-0.1, -0.05) is 13.3 Å². The van der Waals surface area contributed by atoms with Crippen LogP contribution < -0.4 is 14.8 Å². The van der Waals surface area contributed by atoms with Gasteiger partial charge in [0.25, 0.3) is 0 Å². The molecular weight excluding hydrogens is 429 g/mol. The number of hydrogen-bond donors (Lipinski definition) is 1. The number of ether oxygens (including phenoxy) is 2. The Balaban J connectivity index is 0.00000312. The maximum absolute atomic E-state index is 5.43. The number of benzene rings is 1. The first-order chi connectivity index (χ1) is 11.5. The number of hydrogen-bond acceptors (Lipinski definition) is 3. The summed E-state index contributed by atoms with van der Waals surface area (Å²) in [6.45, 7) is 5.12. The summed E-state index contributed by atoms with van der Waals surface area (Å²) in [5.74, 6) is 3.29. The Morgan fingerprint density at radius 3 is 2.48 bits per heavy atom. The maximum Gasteiger partial charge on any atom is 0.193 e. The monoisotopic (exact) mass is 461 g/mol. The normalized spacial score (nSPS) is 19.0. The Morgan fingerprint density at radius 1 is 1.28 bits per heavy atom. The second-order valence-electron chi connectivity index (χ2n) is 6.57. The van der Waals surface area contributed by atoms with Gasteiger partial charge in [0.15, 0.2) is 17.5 Å². The fourth-order valence-electron chi connectivity index (χ4n) is 3.15. The predicted octanol–water partition coefficient (Wildman–Crippen LogP) is 3.83. The molecule has 6 heteroatoms. The number of methoxy groups -OCH3 is 2. The Bertz CT molecular complexity index is 592. The van der Waals surface area contributed by atoms with Crippen molar-refractivity contribution in [3.05, 3.63) is 23.3 Å². The summed E-state index contributed by atoms with van der Waals surface area (Å²) < 4.78 is 10.8. The first-order valence-electron chi connectivity index (χ1n) is 8.69.